The molecule has 0 N–H and O–H groups in total. The molecule has 0 aromatic heterocycles. The lowest BCUT2D eigenvalue weighted by atomic mass is 9.85. The van der Waals surface area contributed by atoms with Crippen LogP contribution in [0.5, 0.6) is 23.0 Å². The maximum Gasteiger partial charge on any atom is 0.326 e. The normalized spacial score (nSPS) is 12.3. The molecule has 12 nitrogen and oxygen atoms in total. The lowest BCUT2D eigenvalue weighted by Crippen LogP contribution is -2.18. The zero-order valence-electron chi connectivity index (χ0n) is 50.6. The lowest BCUT2D eigenvalue weighted by molar-refractivity contribution is -0.141. The summed E-state index contributed by atoms with van der Waals surface area (Å²) < 4.78 is 43.1. The summed E-state index contributed by atoms with van der Waals surface area (Å²) in [5.41, 5.74) is 8.33. The van der Waals surface area contributed by atoms with Gasteiger partial charge < -0.3 is 32.3 Å². The molecule has 1 unspecified atom stereocenters. The standard InChI is InChI=1S/C68H82O12P2/c1-65(2,3)54-40-45(16-28-51(70)44-69)17-33-58(54)77-81(78-59-34-18-46(21-37-62(71)74-13)41-55(59)66(4,5)6)52-29-24-49(25-30-52)50-26-31-53(32-27-50)82(79-60-35-19-47(22-38-63(72)75-14)42-56(60)67(7,8)9)80-61-36-20-48(23-39-64(73)76-15)43-57(61)68(10,11)12/h17-20,24-27,29-36,40-44H,16,21-23,28,37-39H2,1-15H3. The van der Waals surface area contributed by atoms with Crippen molar-refractivity contribution in [3.8, 4) is 34.1 Å². The number of methoxy groups -OCH3 is 3. The van der Waals surface area contributed by atoms with Crippen LogP contribution in [0.1, 0.15) is 153 Å². The first kappa shape index (κ1) is 64.3. The monoisotopic (exact) mass is 1150 g/mol. The highest BCUT2D eigenvalue weighted by Crippen LogP contribution is 2.49. The van der Waals surface area contributed by atoms with Crippen molar-refractivity contribution >= 4 is 57.3 Å². The zero-order valence-corrected chi connectivity index (χ0v) is 52.4. The van der Waals surface area contributed by atoms with E-state index in [1.54, 1.807) is 0 Å². The van der Waals surface area contributed by atoms with E-state index < -0.39 is 22.5 Å². The predicted octanol–water partition coefficient (Wildman–Crippen LogP) is 14.8. The zero-order chi connectivity index (χ0) is 60.2. The summed E-state index contributed by atoms with van der Waals surface area (Å²) >= 11 is 0. The van der Waals surface area contributed by atoms with E-state index >= 15 is 0 Å². The number of aryl methyl sites for hydroxylation is 4. The molecule has 0 heterocycles. The molecule has 0 aliphatic carbocycles. The van der Waals surface area contributed by atoms with E-state index in [1.165, 1.54) is 21.3 Å². The lowest BCUT2D eigenvalue weighted by Gasteiger charge is -2.29. The minimum absolute atomic E-state index is 0.121. The third-order valence-corrected chi connectivity index (χ3v) is 16.8. The van der Waals surface area contributed by atoms with Gasteiger partial charge in [0.15, 0.2) is 12.1 Å². The average Bonchev–Trinajstić information content (AvgIpc) is 3.64. The number of carbonyl (C=O) groups is 5. The molecule has 0 saturated carbocycles. The van der Waals surface area contributed by atoms with Crippen molar-refractivity contribution in [3.05, 3.63) is 166 Å². The van der Waals surface area contributed by atoms with Gasteiger partial charge in [0.25, 0.3) is 0 Å². The third-order valence-electron chi connectivity index (χ3n) is 14.0. The summed E-state index contributed by atoms with van der Waals surface area (Å²) in [4.78, 5) is 59.6. The number of carbonyl (C=O) groups excluding carboxylic acids is 5. The van der Waals surface area contributed by atoms with Crippen LogP contribution >= 0.6 is 16.8 Å². The van der Waals surface area contributed by atoms with Crippen molar-refractivity contribution in [3.63, 3.8) is 0 Å². The van der Waals surface area contributed by atoms with E-state index in [0.717, 1.165) is 66.2 Å². The van der Waals surface area contributed by atoms with E-state index in [0.29, 0.717) is 55.0 Å². The highest BCUT2D eigenvalue weighted by molar-refractivity contribution is 7.57. The molecule has 0 aliphatic heterocycles. The van der Waals surface area contributed by atoms with Crippen molar-refractivity contribution in [2.24, 2.45) is 0 Å². The molecule has 1 atom stereocenters. The van der Waals surface area contributed by atoms with Gasteiger partial charge in [-0.1, -0.05) is 156 Å². The van der Waals surface area contributed by atoms with Gasteiger partial charge in [0.05, 0.1) is 31.9 Å². The number of esters is 3. The summed E-state index contributed by atoms with van der Waals surface area (Å²) in [5, 5.41) is 1.67. The molecule has 82 heavy (non-hydrogen) atoms. The van der Waals surface area contributed by atoms with Crippen LogP contribution in [0.3, 0.4) is 0 Å². The first-order valence-corrected chi connectivity index (χ1v) is 30.2. The Balaban J connectivity index is 1.40. The van der Waals surface area contributed by atoms with Gasteiger partial charge in [0, 0.05) is 47.9 Å². The number of benzene rings is 6. The van der Waals surface area contributed by atoms with Crippen LogP contribution in [0.2, 0.25) is 0 Å². The summed E-state index contributed by atoms with van der Waals surface area (Å²) in [5.74, 6) is 1.40. The Morgan fingerprint density at radius 1 is 0.366 bits per heavy atom. The van der Waals surface area contributed by atoms with Crippen molar-refractivity contribution in [2.75, 3.05) is 21.3 Å². The Hall–Kier alpha value is -6.87. The van der Waals surface area contributed by atoms with Gasteiger partial charge >= 0.3 is 34.7 Å². The second-order valence-corrected chi connectivity index (χ2v) is 27.4. The SMILES string of the molecule is COC(=O)CCc1ccc(OP(Oc2ccc(CCC(=O)C=O)cc2C(C)(C)C)c2ccc(-c3ccc(P(Oc4ccc(CCC(=O)OC)cc4C(C)(C)C)Oc4ccc(CCC(=O)OC)cc4C(C)(C)C)cc3)cc2)c(C(C)(C)C)c1. The molecule has 6 aromatic carbocycles. The highest BCUT2D eigenvalue weighted by atomic mass is 31.2. The van der Waals surface area contributed by atoms with Gasteiger partial charge in [0.1, 0.15) is 23.0 Å². The number of ketones is 1. The van der Waals surface area contributed by atoms with Crippen LogP contribution in [-0.4, -0.2) is 51.3 Å². The minimum Gasteiger partial charge on any atom is -0.469 e. The summed E-state index contributed by atoms with van der Waals surface area (Å²) in [6, 6.07) is 40.5. The smallest absolute Gasteiger partial charge is 0.326 e. The Labute approximate surface area is 488 Å². The van der Waals surface area contributed by atoms with Gasteiger partial charge in [-0.3, -0.25) is 24.0 Å². The fraction of sp³-hybridized carbons (Fsp3) is 0.397. The van der Waals surface area contributed by atoms with E-state index in [4.69, 9.17) is 32.3 Å². The van der Waals surface area contributed by atoms with Crippen LogP contribution in [0.15, 0.2) is 121 Å². The number of Topliss-reactive ketones (excluding diaryl/α,β-unsaturated/α-hetero) is 1. The second-order valence-electron chi connectivity index (χ2n) is 24.6. The molecule has 6 rings (SSSR count). The Morgan fingerprint density at radius 3 is 0.829 bits per heavy atom. The summed E-state index contributed by atoms with van der Waals surface area (Å²) in [6.07, 6.45) is 3.27. The minimum atomic E-state index is -1.83. The highest BCUT2D eigenvalue weighted by Gasteiger charge is 2.31. The second kappa shape index (κ2) is 27.9. The first-order chi connectivity index (χ1) is 38.6. The van der Waals surface area contributed by atoms with Gasteiger partial charge in [-0.15, -0.1) is 0 Å². The van der Waals surface area contributed by atoms with Gasteiger partial charge in [0.2, 0.25) is 0 Å². The molecule has 0 bridgehead atoms. The Bertz CT molecular complexity index is 3110. The molecule has 14 heteroatoms. The molecule has 0 amide bonds. The summed E-state index contributed by atoms with van der Waals surface area (Å²) in [7, 11) is 0.561. The number of rotatable bonds is 24. The van der Waals surface area contributed by atoms with Crippen LogP contribution in [0, 0.1) is 0 Å². The molecule has 0 spiro atoms. The fourth-order valence-corrected chi connectivity index (χ4v) is 11.8. The first-order valence-electron chi connectivity index (χ1n) is 27.8. The van der Waals surface area contributed by atoms with E-state index in [2.05, 4.69) is 132 Å². The molecule has 0 radical (unpaired) electrons. The van der Waals surface area contributed by atoms with Crippen LogP contribution in [0.25, 0.3) is 11.1 Å². The summed E-state index contributed by atoms with van der Waals surface area (Å²) in [6.45, 7) is 25.5. The van der Waals surface area contributed by atoms with Crippen LogP contribution < -0.4 is 28.7 Å². The van der Waals surface area contributed by atoms with Crippen molar-refractivity contribution < 1.29 is 56.3 Å². The number of hydrogen-bond acceptors (Lipinski definition) is 12. The fourth-order valence-electron chi connectivity index (χ4n) is 9.12. The van der Waals surface area contributed by atoms with Gasteiger partial charge in [-0.2, -0.15) is 0 Å². The Morgan fingerprint density at radius 2 is 0.610 bits per heavy atom. The topological polar surface area (TPSA) is 150 Å². The maximum atomic E-state index is 12.1. The van der Waals surface area contributed by atoms with E-state index in [-0.39, 0.29) is 65.3 Å². The van der Waals surface area contributed by atoms with Crippen LogP contribution in [-0.2, 0) is 85.5 Å². The van der Waals surface area contributed by atoms with Crippen molar-refractivity contribution in [1.82, 2.24) is 0 Å². The van der Waals surface area contributed by atoms with E-state index in [1.807, 2.05) is 72.8 Å². The predicted molar refractivity (Wildman–Crippen MR) is 328 cm³/mol. The molecule has 436 valence electrons. The van der Waals surface area contributed by atoms with Crippen molar-refractivity contribution in [2.45, 2.75) is 156 Å². The molecule has 6 aromatic rings. The van der Waals surface area contributed by atoms with Gasteiger partial charge in [-0.05, 0) is 129 Å². The number of hydrogen-bond donors (Lipinski definition) is 0. The molecular formula is C68H82O12P2. The molecule has 0 saturated heterocycles. The number of aldehydes is 1. The molecule has 0 fully saturated rings. The quantitative estimate of drug-likeness (QED) is 0.0187. The largest absolute Gasteiger partial charge is 0.469 e. The van der Waals surface area contributed by atoms with Gasteiger partial charge in [-0.25, -0.2) is 0 Å². The van der Waals surface area contributed by atoms with Crippen LogP contribution in [0.4, 0.5) is 0 Å². The third kappa shape index (κ3) is 18.1. The van der Waals surface area contributed by atoms with Crippen molar-refractivity contribution in [1.29, 1.82) is 0 Å². The van der Waals surface area contributed by atoms with E-state index in [9.17, 15) is 24.0 Å². The molecule has 0 aliphatic rings. The molecular weight excluding hydrogens is 1070 g/mol. The number of ether oxygens (including phenoxy) is 3. The Kier molecular flexibility index (Phi) is 21.9. The maximum absolute atomic E-state index is 12.1. The average molecular weight is 1150 g/mol.